The maximum absolute atomic E-state index is 12.7. The Labute approximate surface area is 127 Å². The van der Waals surface area contributed by atoms with Crippen LogP contribution >= 0.6 is 0 Å². The standard InChI is InChI=1S/C15H28N4O2/c1-12-4-3-5-15(16,10-12)14(21)19-8-6-18(7-9-19)11-13(20)17-2/h12H,3-11,16H2,1-2H3,(H,17,20). The van der Waals surface area contributed by atoms with Crippen LogP contribution in [-0.4, -0.2) is 66.9 Å². The van der Waals surface area contributed by atoms with E-state index < -0.39 is 5.54 Å². The number of hydrogen-bond acceptors (Lipinski definition) is 4. The van der Waals surface area contributed by atoms with Crippen LogP contribution in [0.1, 0.15) is 32.6 Å². The summed E-state index contributed by atoms with van der Waals surface area (Å²) in [6.07, 6.45) is 3.81. The Morgan fingerprint density at radius 2 is 1.95 bits per heavy atom. The van der Waals surface area contributed by atoms with E-state index in [-0.39, 0.29) is 11.8 Å². The number of nitrogens with zero attached hydrogens (tertiary/aromatic N) is 2. The van der Waals surface area contributed by atoms with Crippen LogP contribution in [0.5, 0.6) is 0 Å². The molecule has 2 aliphatic rings. The van der Waals surface area contributed by atoms with Gasteiger partial charge in [0.2, 0.25) is 11.8 Å². The molecule has 0 aromatic heterocycles. The predicted molar refractivity (Wildman–Crippen MR) is 81.6 cm³/mol. The predicted octanol–water partition coefficient (Wildman–Crippen LogP) is -0.216. The Morgan fingerprint density at radius 3 is 2.52 bits per heavy atom. The van der Waals surface area contributed by atoms with E-state index in [1.165, 1.54) is 6.42 Å². The van der Waals surface area contributed by atoms with E-state index in [2.05, 4.69) is 17.1 Å². The van der Waals surface area contributed by atoms with Gasteiger partial charge in [0.15, 0.2) is 0 Å². The lowest BCUT2D eigenvalue weighted by atomic mass is 9.76. The van der Waals surface area contributed by atoms with Crippen LogP contribution in [0, 0.1) is 5.92 Å². The summed E-state index contributed by atoms with van der Waals surface area (Å²) in [6, 6.07) is 0. The van der Waals surface area contributed by atoms with Gasteiger partial charge in [-0.1, -0.05) is 19.8 Å². The second-order valence-corrected chi connectivity index (χ2v) is 6.60. The maximum atomic E-state index is 12.7. The molecule has 2 amide bonds. The summed E-state index contributed by atoms with van der Waals surface area (Å²) in [4.78, 5) is 28.1. The molecule has 0 aromatic carbocycles. The van der Waals surface area contributed by atoms with Crippen LogP contribution in [0.4, 0.5) is 0 Å². The summed E-state index contributed by atoms with van der Waals surface area (Å²) in [5, 5.41) is 2.63. The summed E-state index contributed by atoms with van der Waals surface area (Å²) in [6.45, 7) is 5.40. The molecule has 2 rings (SSSR count). The van der Waals surface area contributed by atoms with Crippen molar-refractivity contribution in [1.82, 2.24) is 15.1 Å². The van der Waals surface area contributed by atoms with Crippen LogP contribution in [0.15, 0.2) is 0 Å². The monoisotopic (exact) mass is 296 g/mol. The van der Waals surface area contributed by atoms with Crippen LogP contribution in [0.2, 0.25) is 0 Å². The van der Waals surface area contributed by atoms with Gasteiger partial charge in [-0.3, -0.25) is 14.5 Å². The van der Waals surface area contributed by atoms with Crippen LogP contribution in [-0.2, 0) is 9.59 Å². The molecule has 2 atom stereocenters. The van der Waals surface area contributed by atoms with E-state index in [1.807, 2.05) is 4.90 Å². The Morgan fingerprint density at radius 1 is 1.29 bits per heavy atom. The summed E-state index contributed by atoms with van der Waals surface area (Å²) in [7, 11) is 1.64. The molecule has 1 saturated heterocycles. The van der Waals surface area contributed by atoms with E-state index in [4.69, 9.17) is 5.73 Å². The van der Waals surface area contributed by atoms with Gasteiger partial charge < -0.3 is 16.0 Å². The molecule has 0 spiro atoms. The first-order valence-electron chi connectivity index (χ1n) is 7.96. The molecule has 2 unspecified atom stereocenters. The van der Waals surface area contributed by atoms with Gasteiger partial charge in [0.1, 0.15) is 0 Å². The zero-order valence-corrected chi connectivity index (χ0v) is 13.2. The van der Waals surface area contributed by atoms with Gasteiger partial charge in [0, 0.05) is 33.2 Å². The second-order valence-electron chi connectivity index (χ2n) is 6.60. The normalized spacial score (nSPS) is 31.0. The third kappa shape index (κ3) is 3.95. The van der Waals surface area contributed by atoms with Crippen molar-refractivity contribution in [2.45, 2.75) is 38.1 Å². The van der Waals surface area contributed by atoms with Gasteiger partial charge in [0.25, 0.3) is 0 Å². The molecule has 2 fully saturated rings. The lowest BCUT2D eigenvalue weighted by molar-refractivity contribution is -0.140. The Balaban J connectivity index is 1.86. The highest BCUT2D eigenvalue weighted by molar-refractivity contribution is 5.86. The number of nitrogens with one attached hydrogen (secondary N) is 1. The fourth-order valence-electron chi connectivity index (χ4n) is 3.49. The largest absolute Gasteiger partial charge is 0.358 e. The Hall–Kier alpha value is -1.14. The third-order valence-corrected chi connectivity index (χ3v) is 4.76. The molecule has 21 heavy (non-hydrogen) atoms. The minimum absolute atomic E-state index is 0.0196. The summed E-state index contributed by atoms with van der Waals surface area (Å²) >= 11 is 0. The Kier molecular flexibility index (Phi) is 5.22. The van der Waals surface area contributed by atoms with Crippen LogP contribution in [0.3, 0.4) is 0 Å². The minimum Gasteiger partial charge on any atom is -0.358 e. The zero-order valence-electron chi connectivity index (χ0n) is 13.2. The van der Waals surface area contributed by atoms with Gasteiger partial charge in [-0.05, 0) is 18.8 Å². The van der Waals surface area contributed by atoms with Crippen molar-refractivity contribution >= 4 is 11.8 Å². The number of likely N-dealkylation sites (N-methyl/N-ethyl adjacent to an activating group) is 1. The van der Waals surface area contributed by atoms with E-state index in [9.17, 15) is 9.59 Å². The number of rotatable bonds is 3. The number of carbonyl (C=O) groups is 2. The van der Waals surface area contributed by atoms with Gasteiger partial charge in [-0.2, -0.15) is 0 Å². The lowest BCUT2D eigenvalue weighted by Gasteiger charge is -2.42. The third-order valence-electron chi connectivity index (χ3n) is 4.76. The first-order valence-corrected chi connectivity index (χ1v) is 7.96. The smallest absolute Gasteiger partial charge is 0.242 e. The summed E-state index contributed by atoms with van der Waals surface area (Å²) in [5.74, 6) is 0.655. The average molecular weight is 296 g/mol. The second kappa shape index (κ2) is 6.75. The van der Waals surface area contributed by atoms with Crippen molar-refractivity contribution in [2.24, 2.45) is 11.7 Å². The lowest BCUT2D eigenvalue weighted by Crippen LogP contribution is -2.61. The molecule has 120 valence electrons. The van der Waals surface area contributed by atoms with Crippen LogP contribution in [0.25, 0.3) is 0 Å². The van der Waals surface area contributed by atoms with E-state index in [0.717, 1.165) is 32.4 Å². The number of amides is 2. The number of carbonyl (C=O) groups excluding carboxylic acids is 2. The first-order chi connectivity index (χ1) is 9.94. The highest BCUT2D eigenvalue weighted by Gasteiger charge is 2.41. The van der Waals surface area contributed by atoms with Crippen molar-refractivity contribution < 1.29 is 9.59 Å². The number of nitrogens with two attached hydrogens (primary N) is 1. The highest BCUT2D eigenvalue weighted by atomic mass is 16.2. The molecule has 1 aliphatic heterocycles. The van der Waals surface area contributed by atoms with E-state index >= 15 is 0 Å². The molecule has 1 saturated carbocycles. The topological polar surface area (TPSA) is 78.7 Å². The van der Waals surface area contributed by atoms with E-state index in [1.54, 1.807) is 7.05 Å². The first kappa shape index (κ1) is 16.2. The summed E-state index contributed by atoms with van der Waals surface area (Å²) < 4.78 is 0. The van der Waals surface area contributed by atoms with Crippen LogP contribution < -0.4 is 11.1 Å². The molecule has 1 aliphatic carbocycles. The maximum Gasteiger partial charge on any atom is 0.242 e. The van der Waals surface area contributed by atoms with Crippen molar-refractivity contribution in [3.63, 3.8) is 0 Å². The molecule has 6 heteroatoms. The van der Waals surface area contributed by atoms with Crippen molar-refractivity contribution in [1.29, 1.82) is 0 Å². The van der Waals surface area contributed by atoms with Gasteiger partial charge in [-0.25, -0.2) is 0 Å². The van der Waals surface area contributed by atoms with Gasteiger partial charge in [0.05, 0.1) is 12.1 Å². The quantitative estimate of drug-likeness (QED) is 0.755. The fraction of sp³-hybridized carbons (Fsp3) is 0.867. The van der Waals surface area contributed by atoms with Crippen molar-refractivity contribution in [3.8, 4) is 0 Å². The molecule has 1 heterocycles. The fourth-order valence-corrected chi connectivity index (χ4v) is 3.49. The van der Waals surface area contributed by atoms with Crippen molar-refractivity contribution in [3.05, 3.63) is 0 Å². The van der Waals surface area contributed by atoms with E-state index in [0.29, 0.717) is 25.6 Å². The van der Waals surface area contributed by atoms with Gasteiger partial charge >= 0.3 is 0 Å². The molecule has 0 aromatic rings. The Bertz CT molecular complexity index is 393. The van der Waals surface area contributed by atoms with Crippen molar-refractivity contribution in [2.75, 3.05) is 39.8 Å². The molecule has 0 radical (unpaired) electrons. The zero-order chi connectivity index (χ0) is 15.5. The molecule has 6 nitrogen and oxygen atoms in total. The molecular weight excluding hydrogens is 268 g/mol. The number of hydrogen-bond donors (Lipinski definition) is 2. The molecule has 0 bridgehead atoms. The SMILES string of the molecule is CNC(=O)CN1CCN(C(=O)C2(N)CCCC(C)C2)CC1. The molecular formula is C15H28N4O2. The minimum atomic E-state index is -0.666. The average Bonchev–Trinajstić information content (AvgIpc) is 2.47. The summed E-state index contributed by atoms with van der Waals surface area (Å²) in [5.41, 5.74) is 5.73. The molecule has 3 N–H and O–H groups in total. The highest BCUT2D eigenvalue weighted by Crippen LogP contribution is 2.32. The van der Waals surface area contributed by atoms with Gasteiger partial charge in [-0.15, -0.1) is 0 Å². The number of piperazine rings is 1.